The molecule has 0 aliphatic carbocycles. The van der Waals surface area contributed by atoms with Gasteiger partial charge in [0.05, 0.1) is 6.61 Å². The van der Waals surface area contributed by atoms with Crippen molar-refractivity contribution >= 4 is 0 Å². The Hall–Kier alpha value is -0.970. The molecule has 2 heterocycles. The first-order chi connectivity index (χ1) is 9.88. The number of likely N-dealkylation sites (tertiary alicyclic amines) is 1. The first-order valence-corrected chi connectivity index (χ1v) is 7.70. The Morgan fingerprint density at radius 1 is 1.35 bits per heavy atom. The molecule has 0 aromatic carbocycles. The summed E-state index contributed by atoms with van der Waals surface area (Å²) in [4.78, 5) is 6.96. The van der Waals surface area contributed by atoms with Crippen LogP contribution in [0.15, 0.2) is 24.4 Å². The summed E-state index contributed by atoms with van der Waals surface area (Å²) >= 11 is 0. The number of hydrogen-bond acceptors (Lipinski definition) is 4. The van der Waals surface area contributed by atoms with Crippen LogP contribution in [0.3, 0.4) is 0 Å². The minimum absolute atomic E-state index is 0.808. The Morgan fingerprint density at radius 2 is 2.20 bits per heavy atom. The minimum atomic E-state index is 0.808. The predicted molar refractivity (Wildman–Crippen MR) is 81.9 cm³/mol. The van der Waals surface area contributed by atoms with Gasteiger partial charge in [0.15, 0.2) is 0 Å². The molecule has 0 amide bonds. The van der Waals surface area contributed by atoms with Gasteiger partial charge in [0.1, 0.15) is 0 Å². The monoisotopic (exact) mass is 277 g/mol. The zero-order valence-electron chi connectivity index (χ0n) is 12.6. The van der Waals surface area contributed by atoms with Crippen molar-refractivity contribution in [2.75, 3.05) is 46.4 Å². The highest BCUT2D eigenvalue weighted by atomic mass is 16.5. The number of ether oxygens (including phenoxy) is 1. The fourth-order valence-corrected chi connectivity index (χ4v) is 2.71. The Kier molecular flexibility index (Phi) is 6.98. The lowest BCUT2D eigenvalue weighted by Crippen LogP contribution is -2.38. The van der Waals surface area contributed by atoms with Crippen LogP contribution in [0.25, 0.3) is 0 Å². The Bertz CT molecular complexity index is 350. The lowest BCUT2D eigenvalue weighted by atomic mass is 9.96. The molecule has 0 unspecified atom stereocenters. The molecule has 4 heteroatoms. The van der Waals surface area contributed by atoms with Gasteiger partial charge < -0.3 is 15.0 Å². The number of nitrogens with one attached hydrogen (secondary N) is 1. The highest BCUT2D eigenvalue weighted by Crippen LogP contribution is 2.16. The Morgan fingerprint density at radius 3 is 2.90 bits per heavy atom. The van der Waals surface area contributed by atoms with Crippen molar-refractivity contribution in [3.05, 3.63) is 30.1 Å². The molecule has 112 valence electrons. The van der Waals surface area contributed by atoms with Gasteiger partial charge in [0.2, 0.25) is 0 Å². The van der Waals surface area contributed by atoms with Crippen molar-refractivity contribution in [1.82, 2.24) is 15.2 Å². The van der Waals surface area contributed by atoms with Crippen molar-refractivity contribution in [2.24, 2.45) is 5.92 Å². The minimum Gasteiger partial charge on any atom is -0.383 e. The second kappa shape index (κ2) is 9.06. The normalized spacial score (nSPS) is 17.4. The molecule has 0 saturated carbocycles. The van der Waals surface area contributed by atoms with E-state index in [4.69, 9.17) is 4.74 Å². The molecule has 0 spiro atoms. The molecule has 2 rings (SSSR count). The summed E-state index contributed by atoms with van der Waals surface area (Å²) in [5.41, 5.74) is 1.20. The van der Waals surface area contributed by atoms with Gasteiger partial charge in [-0.15, -0.1) is 0 Å². The van der Waals surface area contributed by atoms with Gasteiger partial charge in [-0.3, -0.25) is 4.98 Å². The quantitative estimate of drug-likeness (QED) is 0.732. The molecule has 1 aliphatic rings. The Labute approximate surface area is 122 Å². The van der Waals surface area contributed by atoms with Crippen LogP contribution in [0, 0.1) is 5.92 Å². The third-order valence-corrected chi connectivity index (χ3v) is 4.03. The lowest BCUT2D eigenvalue weighted by molar-refractivity contribution is 0.174. The molecule has 0 bridgehead atoms. The van der Waals surface area contributed by atoms with E-state index in [0.717, 1.165) is 38.6 Å². The van der Waals surface area contributed by atoms with Crippen molar-refractivity contribution in [3.63, 3.8) is 0 Å². The number of hydrogen-bond donors (Lipinski definition) is 1. The highest BCUT2D eigenvalue weighted by molar-refractivity contribution is 5.03. The van der Waals surface area contributed by atoms with Gasteiger partial charge in [0.25, 0.3) is 0 Å². The van der Waals surface area contributed by atoms with Crippen LogP contribution in [0.2, 0.25) is 0 Å². The van der Waals surface area contributed by atoms with Crippen LogP contribution in [-0.2, 0) is 11.2 Å². The van der Waals surface area contributed by atoms with E-state index in [1.54, 1.807) is 7.11 Å². The van der Waals surface area contributed by atoms with E-state index in [1.807, 2.05) is 12.3 Å². The zero-order chi connectivity index (χ0) is 14.0. The van der Waals surface area contributed by atoms with Gasteiger partial charge in [0, 0.05) is 38.5 Å². The van der Waals surface area contributed by atoms with Crippen LogP contribution in [0.1, 0.15) is 18.5 Å². The van der Waals surface area contributed by atoms with Gasteiger partial charge in [-0.1, -0.05) is 6.07 Å². The maximum atomic E-state index is 5.05. The van der Waals surface area contributed by atoms with Crippen molar-refractivity contribution in [3.8, 4) is 0 Å². The second-order valence-electron chi connectivity index (χ2n) is 5.55. The maximum Gasteiger partial charge on any atom is 0.0587 e. The van der Waals surface area contributed by atoms with Crippen molar-refractivity contribution < 1.29 is 4.74 Å². The fourth-order valence-electron chi connectivity index (χ4n) is 2.71. The van der Waals surface area contributed by atoms with Crippen LogP contribution in [0.4, 0.5) is 0 Å². The summed E-state index contributed by atoms with van der Waals surface area (Å²) in [6, 6.07) is 6.16. The molecular formula is C16H27N3O. The largest absolute Gasteiger partial charge is 0.383 e. The van der Waals surface area contributed by atoms with Crippen LogP contribution in [0.5, 0.6) is 0 Å². The summed E-state index contributed by atoms with van der Waals surface area (Å²) in [5.74, 6) is 0.831. The molecule has 1 aromatic rings. The van der Waals surface area contributed by atoms with E-state index in [1.165, 1.54) is 31.6 Å². The smallest absolute Gasteiger partial charge is 0.0587 e. The molecule has 1 fully saturated rings. The highest BCUT2D eigenvalue weighted by Gasteiger charge is 2.18. The van der Waals surface area contributed by atoms with Gasteiger partial charge in [-0.2, -0.15) is 0 Å². The van der Waals surface area contributed by atoms with Gasteiger partial charge >= 0.3 is 0 Å². The molecule has 0 atom stereocenters. The molecular weight excluding hydrogens is 250 g/mol. The molecule has 1 aliphatic heterocycles. The van der Waals surface area contributed by atoms with Crippen molar-refractivity contribution in [1.29, 1.82) is 0 Å². The maximum absolute atomic E-state index is 5.05. The number of aromatic nitrogens is 1. The van der Waals surface area contributed by atoms with Crippen LogP contribution < -0.4 is 5.32 Å². The average Bonchev–Trinajstić information content (AvgIpc) is 2.52. The van der Waals surface area contributed by atoms with E-state index >= 15 is 0 Å². The van der Waals surface area contributed by atoms with Gasteiger partial charge in [-0.25, -0.2) is 0 Å². The molecule has 0 radical (unpaired) electrons. The first-order valence-electron chi connectivity index (χ1n) is 7.70. The molecule has 4 nitrogen and oxygen atoms in total. The van der Waals surface area contributed by atoms with Crippen LogP contribution in [-0.4, -0.2) is 56.3 Å². The number of methoxy groups -OCH3 is 1. The number of pyridine rings is 1. The van der Waals surface area contributed by atoms with E-state index in [0.29, 0.717) is 0 Å². The summed E-state index contributed by atoms with van der Waals surface area (Å²) < 4.78 is 5.05. The molecule has 1 aromatic heterocycles. The SMILES string of the molecule is COCCNCC1CCN(CCc2ccccn2)CC1. The zero-order valence-corrected chi connectivity index (χ0v) is 12.6. The van der Waals surface area contributed by atoms with Gasteiger partial charge in [-0.05, 0) is 50.5 Å². The summed E-state index contributed by atoms with van der Waals surface area (Å²) in [6.07, 6.45) is 5.56. The fraction of sp³-hybridized carbons (Fsp3) is 0.688. The van der Waals surface area contributed by atoms with E-state index < -0.39 is 0 Å². The standard InChI is InChI=1S/C16H27N3O/c1-20-13-9-17-14-15-5-10-19(11-6-15)12-7-16-4-2-3-8-18-16/h2-4,8,15,17H,5-7,9-14H2,1H3. The second-order valence-corrected chi connectivity index (χ2v) is 5.55. The van der Waals surface area contributed by atoms with Crippen molar-refractivity contribution in [2.45, 2.75) is 19.3 Å². The molecule has 20 heavy (non-hydrogen) atoms. The third kappa shape index (κ3) is 5.57. The van der Waals surface area contributed by atoms with E-state index in [-0.39, 0.29) is 0 Å². The van der Waals surface area contributed by atoms with E-state index in [9.17, 15) is 0 Å². The summed E-state index contributed by atoms with van der Waals surface area (Å²) in [7, 11) is 1.75. The third-order valence-electron chi connectivity index (χ3n) is 4.03. The molecule has 1 N–H and O–H groups in total. The topological polar surface area (TPSA) is 37.4 Å². The summed E-state index contributed by atoms with van der Waals surface area (Å²) in [6.45, 7) is 6.50. The van der Waals surface area contributed by atoms with Crippen LogP contribution >= 0.6 is 0 Å². The first kappa shape index (κ1) is 15.4. The number of rotatable bonds is 8. The average molecular weight is 277 g/mol. The predicted octanol–water partition coefficient (Wildman–Crippen LogP) is 1.57. The number of nitrogens with zero attached hydrogens (tertiary/aromatic N) is 2. The lowest BCUT2D eigenvalue weighted by Gasteiger charge is -2.32. The molecule has 1 saturated heterocycles. The number of piperidine rings is 1. The summed E-state index contributed by atoms with van der Waals surface area (Å²) in [5, 5.41) is 3.48. The Balaban J connectivity index is 1.57. The van der Waals surface area contributed by atoms with E-state index in [2.05, 4.69) is 27.3 Å².